The van der Waals surface area contributed by atoms with Gasteiger partial charge in [0.1, 0.15) is 12.4 Å². The lowest BCUT2D eigenvalue weighted by atomic mass is 10.1. The minimum absolute atomic E-state index is 0.242. The Balaban J connectivity index is 2.04. The number of hydrazine groups is 1. The van der Waals surface area contributed by atoms with Crippen LogP contribution in [0.2, 0.25) is 0 Å². The van der Waals surface area contributed by atoms with Gasteiger partial charge in [0, 0.05) is 0 Å². The zero-order valence-electron chi connectivity index (χ0n) is 12.8. The molecule has 3 heteroatoms. The third-order valence-electron chi connectivity index (χ3n) is 3.59. The smallest absolute Gasteiger partial charge is 0.119 e. The number of hydrogen-bond acceptors (Lipinski definition) is 3. The second-order valence-electron chi connectivity index (χ2n) is 5.40. The number of hydrogen-bond donors (Lipinski definition) is 2. The average Bonchev–Trinajstić information content (AvgIpc) is 2.50. The first-order valence-corrected chi connectivity index (χ1v) is 8.00. The molecule has 1 aromatic rings. The fourth-order valence-electron chi connectivity index (χ4n) is 2.28. The van der Waals surface area contributed by atoms with Crippen LogP contribution in [0.25, 0.3) is 0 Å². The van der Waals surface area contributed by atoms with Crippen molar-refractivity contribution in [2.24, 2.45) is 5.84 Å². The van der Waals surface area contributed by atoms with Crippen molar-refractivity contribution in [3.63, 3.8) is 0 Å². The van der Waals surface area contributed by atoms with E-state index in [1.807, 2.05) is 30.3 Å². The van der Waals surface area contributed by atoms with E-state index in [-0.39, 0.29) is 6.04 Å². The number of benzene rings is 1. The molecule has 0 amide bonds. The average molecular weight is 278 g/mol. The molecule has 3 nitrogen and oxygen atoms in total. The van der Waals surface area contributed by atoms with E-state index in [1.165, 1.54) is 44.9 Å². The van der Waals surface area contributed by atoms with Crippen molar-refractivity contribution in [3.05, 3.63) is 30.3 Å². The molecule has 1 unspecified atom stereocenters. The first kappa shape index (κ1) is 17.0. The maximum Gasteiger partial charge on any atom is 0.119 e. The zero-order valence-corrected chi connectivity index (χ0v) is 12.8. The summed E-state index contributed by atoms with van der Waals surface area (Å²) in [6.07, 6.45) is 10.4. The fourth-order valence-corrected chi connectivity index (χ4v) is 2.28. The van der Waals surface area contributed by atoms with E-state index in [1.54, 1.807) is 0 Å². The highest BCUT2D eigenvalue weighted by Crippen LogP contribution is 2.12. The molecule has 1 rings (SSSR count). The topological polar surface area (TPSA) is 47.3 Å². The Hall–Kier alpha value is -1.06. The SMILES string of the molecule is CCCCCCCCCC(COc1ccccc1)NN. The minimum atomic E-state index is 0.242. The lowest BCUT2D eigenvalue weighted by Crippen LogP contribution is -2.39. The van der Waals surface area contributed by atoms with Crippen LogP contribution in [0.3, 0.4) is 0 Å². The van der Waals surface area contributed by atoms with E-state index < -0.39 is 0 Å². The van der Waals surface area contributed by atoms with Crippen LogP contribution in [0, 0.1) is 0 Å². The summed E-state index contributed by atoms with van der Waals surface area (Å²) in [7, 11) is 0. The van der Waals surface area contributed by atoms with Gasteiger partial charge in [-0.3, -0.25) is 11.3 Å². The Morgan fingerprint density at radius 1 is 1.00 bits per heavy atom. The van der Waals surface area contributed by atoms with E-state index in [9.17, 15) is 0 Å². The first-order valence-electron chi connectivity index (χ1n) is 8.00. The molecular weight excluding hydrogens is 248 g/mol. The number of nitrogens with one attached hydrogen (secondary N) is 1. The lowest BCUT2D eigenvalue weighted by molar-refractivity contribution is 0.254. The number of para-hydroxylation sites is 1. The highest BCUT2D eigenvalue weighted by atomic mass is 16.5. The molecule has 0 bridgehead atoms. The van der Waals surface area contributed by atoms with E-state index in [0.29, 0.717) is 6.61 Å². The molecule has 0 aliphatic rings. The summed E-state index contributed by atoms with van der Waals surface area (Å²) in [5, 5.41) is 0. The summed E-state index contributed by atoms with van der Waals surface area (Å²) >= 11 is 0. The van der Waals surface area contributed by atoms with E-state index in [2.05, 4.69) is 12.3 Å². The molecule has 3 N–H and O–H groups in total. The standard InChI is InChI=1S/C17H30N2O/c1-2-3-4-5-6-7-9-12-16(19-18)15-20-17-13-10-8-11-14-17/h8,10-11,13-14,16,19H,2-7,9,12,15,18H2,1H3. The maximum atomic E-state index is 5.73. The fraction of sp³-hybridized carbons (Fsp3) is 0.647. The summed E-state index contributed by atoms with van der Waals surface area (Å²) in [6.45, 7) is 2.89. The number of unbranched alkanes of at least 4 members (excludes halogenated alkanes) is 6. The molecule has 0 heterocycles. The molecule has 0 fully saturated rings. The Morgan fingerprint density at radius 3 is 2.30 bits per heavy atom. The number of nitrogens with two attached hydrogens (primary N) is 1. The molecule has 114 valence electrons. The highest BCUT2D eigenvalue weighted by molar-refractivity contribution is 5.20. The van der Waals surface area contributed by atoms with Gasteiger partial charge in [-0.15, -0.1) is 0 Å². The Bertz CT molecular complexity index is 316. The van der Waals surface area contributed by atoms with Crippen LogP contribution in [0.4, 0.5) is 0 Å². The van der Waals surface area contributed by atoms with E-state index in [4.69, 9.17) is 10.6 Å². The van der Waals surface area contributed by atoms with Crippen molar-refractivity contribution in [1.82, 2.24) is 5.43 Å². The summed E-state index contributed by atoms with van der Waals surface area (Å²) in [5.41, 5.74) is 2.86. The monoisotopic (exact) mass is 278 g/mol. The summed E-state index contributed by atoms with van der Waals surface area (Å²) in [4.78, 5) is 0. The van der Waals surface area contributed by atoms with Gasteiger partial charge in [0.05, 0.1) is 6.04 Å². The van der Waals surface area contributed by atoms with Gasteiger partial charge >= 0.3 is 0 Å². The van der Waals surface area contributed by atoms with Crippen molar-refractivity contribution >= 4 is 0 Å². The van der Waals surface area contributed by atoms with Crippen LogP contribution in [-0.4, -0.2) is 12.6 Å². The van der Waals surface area contributed by atoms with Gasteiger partial charge in [-0.1, -0.05) is 70.1 Å². The molecule has 0 aromatic heterocycles. The van der Waals surface area contributed by atoms with Crippen LogP contribution < -0.4 is 16.0 Å². The molecule has 1 atom stereocenters. The number of rotatable bonds is 12. The van der Waals surface area contributed by atoms with Crippen molar-refractivity contribution < 1.29 is 4.74 Å². The third kappa shape index (κ3) is 8.18. The summed E-state index contributed by atoms with van der Waals surface area (Å²) in [6, 6.07) is 10.1. The highest BCUT2D eigenvalue weighted by Gasteiger charge is 2.07. The predicted octanol–water partition coefficient (Wildman–Crippen LogP) is 4.04. The molecule has 0 saturated heterocycles. The van der Waals surface area contributed by atoms with Crippen LogP contribution in [0.15, 0.2) is 30.3 Å². The van der Waals surface area contributed by atoms with Gasteiger partial charge in [-0.25, -0.2) is 0 Å². The Kier molecular flexibility index (Phi) is 9.98. The van der Waals surface area contributed by atoms with Gasteiger partial charge in [0.15, 0.2) is 0 Å². The molecule has 20 heavy (non-hydrogen) atoms. The third-order valence-corrected chi connectivity index (χ3v) is 3.59. The largest absolute Gasteiger partial charge is 0.492 e. The normalized spacial score (nSPS) is 12.3. The maximum absolute atomic E-state index is 5.73. The van der Waals surface area contributed by atoms with Gasteiger partial charge in [0.2, 0.25) is 0 Å². The van der Waals surface area contributed by atoms with Gasteiger partial charge in [-0.05, 0) is 18.6 Å². The van der Waals surface area contributed by atoms with Crippen molar-refractivity contribution in [2.75, 3.05) is 6.61 Å². The van der Waals surface area contributed by atoms with Crippen molar-refractivity contribution in [2.45, 2.75) is 64.3 Å². The molecular formula is C17H30N2O. The van der Waals surface area contributed by atoms with Gasteiger partial charge in [0.25, 0.3) is 0 Å². The molecule has 0 spiro atoms. The molecule has 1 aromatic carbocycles. The Labute approximate surface area is 123 Å². The predicted molar refractivity (Wildman–Crippen MR) is 85.7 cm³/mol. The van der Waals surface area contributed by atoms with Crippen molar-refractivity contribution in [1.29, 1.82) is 0 Å². The van der Waals surface area contributed by atoms with E-state index >= 15 is 0 Å². The van der Waals surface area contributed by atoms with Crippen LogP contribution >= 0.6 is 0 Å². The van der Waals surface area contributed by atoms with Crippen LogP contribution in [-0.2, 0) is 0 Å². The van der Waals surface area contributed by atoms with Crippen LogP contribution in [0.1, 0.15) is 58.3 Å². The van der Waals surface area contributed by atoms with E-state index in [0.717, 1.165) is 12.2 Å². The quantitative estimate of drug-likeness (QED) is 0.344. The second-order valence-corrected chi connectivity index (χ2v) is 5.40. The number of ether oxygens (including phenoxy) is 1. The van der Waals surface area contributed by atoms with Crippen LogP contribution in [0.5, 0.6) is 5.75 Å². The Morgan fingerprint density at radius 2 is 1.65 bits per heavy atom. The second kappa shape index (κ2) is 11.7. The zero-order chi connectivity index (χ0) is 14.5. The van der Waals surface area contributed by atoms with Gasteiger partial charge in [-0.2, -0.15) is 0 Å². The van der Waals surface area contributed by atoms with Gasteiger partial charge < -0.3 is 4.74 Å². The summed E-state index contributed by atoms with van der Waals surface area (Å²) in [5.74, 6) is 6.50. The molecule has 0 aliphatic heterocycles. The first-order chi connectivity index (χ1) is 9.86. The molecule has 0 saturated carbocycles. The molecule has 0 aliphatic carbocycles. The lowest BCUT2D eigenvalue weighted by Gasteiger charge is -2.16. The van der Waals surface area contributed by atoms with Crippen molar-refractivity contribution in [3.8, 4) is 5.75 Å². The molecule has 0 radical (unpaired) electrons. The minimum Gasteiger partial charge on any atom is -0.492 e. The summed E-state index contributed by atoms with van der Waals surface area (Å²) < 4.78 is 5.73.